The summed E-state index contributed by atoms with van der Waals surface area (Å²) in [5, 5.41) is 6.62. The summed E-state index contributed by atoms with van der Waals surface area (Å²) in [4.78, 5) is 23.0. The van der Waals surface area contributed by atoms with Crippen molar-refractivity contribution in [2.75, 3.05) is 13.7 Å². The second-order valence-corrected chi connectivity index (χ2v) is 11.2. The molecule has 0 bridgehead atoms. The molecule has 1 aromatic carbocycles. The standard InChI is InChI=1S/C18H25ClN2O7S2/c1-28-17(22)8-5-9-21-18(23)13-10-16(30(20,26)27)14(19)11-15(13)29(24,25)12-6-3-2-4-7-12/h10-12H,2-9H2,1H3,(H,21,23)(H2,20,26,27). The predicted octanol–water partition coefficient (Wildman–Crippen LogP) is 1.78. The third-order valence-electron chi connectivity index (χ3n) is 4.95. The van der Waals surface area contributed by atoms with Crippen molar-refractivity contribution in [3.63, 3.8) is 0 Å². The first kappa shape index (κ1) is 24.6. The van der Waals surface area contributed by atoms with E-state index in [4.69, 9.17) is 16.7 Å². The zero-order valence-electron chi connectivity index (χ0n) is 16.5. The summed E-state index contributed by atoms with van der Waals surface area (Å²) in [6.45, 7) is 0.0597. The molecule has 1 saturated carbocycles. The number of halogens is 1. The molecule has 3 N–H and O–H groups in total. The van der Waals surface area contributed by atoms with Crippen molar-refractivity contribution in [2.24, 2.45) is 5.14 Å². The van der Waals surface area contributed by atoms with Crippen LogP contribution in [0.2, 0.25) is 5.02 Å². The Morgan fingerprint density at radius 3 is 2.33 bits per heavy atom. The van der Waals surface area contributed by atoms with E-state index in [0.717, 1.165) is 31.4 Å². The molecule has 1 aliphatic rings. The van der Waals surface area contributed by atoms with E-state index in [1.54, 1.807) is 0 Å². The van der Waals surface area contributed by atoms with Crippen molar-refractivity contribution in [2.45, 2.75) is 60.0 Å². The van der Waals surface area contributed by atoms with Crippen LogP contribution in [-0.2, 0) is 29.4 Å². The van der Waals surface area contributed by atoms with E-state index in [1.807, 2.05) is 0 Å². The number of rotatable bonds is 8. The molecule has 0 aromatic heterocycles. The largest absolute Gasteiger partial charge is 0.469 e. The molecule has 30 heavy (non-hydrogen) atoms. The molecule has 1 fully saturated rings. The minimum Gasteiger partial charge on any atom is -0.469 e. The summed E-state index contributed by atoms with van der Waals surface area (Å²) in [6, 6.07) is 1.87. The van der Waals surface area contributed by atoms with E-state index >= 15 is 0 Å². The molecule has 2 rings (SSSR count). The molecule has 1 aromatic rings. The lowest BCUT2D eigenvalue weighted by Gasteiger charge is -2.23. The number of methoxy groups -OCH3 is 1. The topological polar surface area (TPSA) is 150 Å². The highest BCUT2D eigenvalue weighted by atomic mass is 35.5. The smallest absolute Gasteiger partial charge is 0.305 e. The lowest BCUT2D eigenvalue weighted by molar-refractivity contribution is -0.140. The van der Waals surface area contributed by atoms with Crippen molar-refractivity contribution < 1.29 is 31.2 Å². The van der Waals surface area contributed by atoms with Gasteiger partial charge in [0, 0.05) is 13.0 Å². The second kappa shape index (κ2) is 10.1. The number of hydrogen-bond donors (Lipinski definition) is 2. The molecular weight excluding hydrogens is 456 g/mol. The highest BCUT2D eigenvalue weighted by molar-refractivity contribution is 7.92. The van der Waals surface area contributed by atoms with Gasteiger partial charge in [-0.1, -0.05) is 30.9 Å². The van der Waals surface area contributed by atoms with Crippen LogP contribution in [0.4, 0.5) is 0 Å². The van der Waals surface area contributed by atoms with Crippen LogP contribution in [0.25, 0.3) is 0 Å². The van der Waals surface area contributed by atoms with Crippen LogP contribution >= 0.6 is 11.6 Å². The molecule has 0 aliphatic heterocycles. The highest BCUT2D eigenvalue weighted by Gasteiger charge is 2.34. The van der Waals surface area contributed by atoms with Gasteiger partial charge in [0.25, 0.3) is 5.91 Å². The molecule has 0 saturated heterocycles. The molecule has 0 spiro atoms. The van der Waals surface area contributed by atoms with Crippen LogP contribution in [0, 0.1) is 0 Å². The van der Waals surface area contributed by atoms with Crippen LogP contribution in [0.15, 0.2) is 21.9 Å². The molecule has 0 heterocycles. The van der Waals surface area contributed by atoms with Gasteiger partial charge in [0.15, 0.2) is 9.84 Å². The molecule has 9 nitrogen and oxygen atoms in total. The number of ether oxygens (including phenoxy) is 1. The van der Waals surface area contributed by atoms with Gasteiger partial charge in [0.1, 0.15) is 4.90 Å². The third-order valence-corrected chi connectivity index (χ3v) is 8.63. The van der Waals surface area contributed by atoms with E-state index in [0.29, 0.717) is 12.8 Å². The number of carbonyl (C=O) groups excluding carboxylic acids is 2. The van der Waals surface area contributed by atoms with Gasteiger partial charge >= 0.3 is 5.97 Å². The summed E-state index contributed by atoms with van der Waals surface area (Å²) >= 11 is 6.01. The SMILES string of the molecule is COC(=O)CCCNC(=O)c1cc(S(N)(=O)=O)c(Cl)cc1S(=O)(=O)C1CCCCC1. The molecule has 1 amide bonds. The Bertz CT molecular complexity index is 1020. The van der Waals surface area contributed by atoms with Crippen LogP contribution in [-0.4, -0.2) is 47.6 Å². The zero-order valence-corrected chi connectivity index (χ0v) is 18.9. The van der Waals surface area contributed by atoms with Gasteiger partial charge in [-0.25, -0.2) is 22.0 Å². The number of hydrogen-bond acceptors (Lipinski definition) is 7. The first-order valence-corrected chi connectivity index (χ1v) is 12.9. The molecule has 0 atom stereocenters. The van der Waals surface area contributed by atoms with Crippen molar-refractivity contribution in [1.29, 1.82) is 0 Å². The second-order valence-electron chi connectivity index (χ2n) is 7.06. The van der Waals surface area contributed by atoms with Crippen molar-refractivity contribution in [1.82, 2.24) is 5.32 Å². The molecule has 1 aliphatic carbocycles. The Kier molecular flexibility index (Phi) is 8.26. The van der Waals surface area contributed by atoms with Crippen LogP contribution in [0.5, 0.6) is 0 Å². The van der Waals surface area contributed by atoms with Crippen LogP contribution < -0.4 is 10.5 Å². The van der Waals surface area contributed by atoms with E-state index in [2.05, 4.69) is 10.1 Å². The van der Waals surface area contributed by atoms with Crippen LogP contribution in [0.1, 0.15) is 55.3 Å². The zero-order chi connectivity index (χ0) is 22.5. The number of esters is 1. The predicted molar refractivity (Wildman–Crippen MR) is 110 cm³/mol. The average Bonchev–Trinajstić information content (AvgIpc) is 2.70. The lowest BCUT2D eigenvalue weighted by Crippen LogP contribution is -2.30. The van der Waals surface area contributed by atoms with Gasteiger partial charge in [-0.3, -0.25) is 9.59 Å². The minimum atomic E-state index is -4.28. The Hall–Kier alpha value is -1.69. The number of nitrogens with one attached hydrogen (secondary N) is 1. The van der Waals surface area contributed by atoms with Crippen molar-refractivity contribution in [3.8, 4) is 0 Å². The summed E-state index contributed by atoms with van der Waals surface area (Å²) in [6.07, 6.45) is 3.68. The number of amides is 1. The van der Waals surface area contributed by atoms with Gasteiger partial charge in [-0.15, -0.1) is 0 Å². The lowest BCUT2D eigenvalue weighted by atomic mass is 10.0. The maximum atomic E-state index is 13.2. The molecular formula is C18H25ClN2O7S2. The Morgan fingerprint density at radius 2 is 1.77 bits per heavy atom. The van der Waals surface area contributed by atoms with Gasteiger partial charge in [0.2, 0.25) is 10.0 Å². The maximum Gasteiger partial charge on any atom is 0.305 e. The fourth-order valence-electron chi connectivity index (χ4n) is 3.35. The van der Waals surface area contributed by atoms with Gasteiger partial charge in [-0.2, -0.15) is 0 Å². The fourth-order valence-corrected chi connectivity index (χ4v) is 6.57. The molecule has 168 valence electrons. The third kappa shape index (κ3) is 5.93. The molecule has 0 radical (unpaired) electrons. The monoisotopic (exact) mass is 480 g/mol. The minimum absolute atomic E-state index is 0.0597. The Labute approximate surface area is 181 Å². The summed E-state index contributed by atoms with van der Waals surface area (Å²) in [7, 11) is -6.97. The van der Waals surface area contributed by atoms with Crippen molar-refractivity contribution >= 4 is 43.3 Å². The maximum absolute atomic E-state index is 13.2. The highest BCUT2D eigenvalue weighted by Crippen LogP contribution is 2.34. The normalized spacial score (nSPS) is 15.6. The van der Waals surface area contributed by atoms with Crippen molar-refractivity contribution in [3.05, 3.63) is 22.7 Å². The van der Waals surface area contributed by atoms with Gasteiger partial charge in [0.05, 0.1) is 27.8 Å². The number of carbonyl (C=O) groups is 2. The quantitative estimate of drug-likeness (QED) is 0.425. The Balaban J connectivity index is 2.42. The van der Waals surface area contributed by atoms with Gasteiger partial charge < -0.3 is 10.1 Å². The van der Waals surface area contributed by atoms with E-state index in [9.17, 15) is 26.4 Å². The Morgan fingerprint density at radius 1 is 1.13 bits per heavy atom. The number of benzene rings is 1. The number of sulfone groups is 1. The van der Waals surface area contributed by atoms with Crippen LogP contribution in [0.3, 0.4) is 0 Å². The van der Waals surface area contributed by atoms with E-state index in [-0.39, 0.29) is 34.9 Å². The van der Waals surface area contributed by atoms with E-state index in [1.165, 1.54) is 7.11 Å². The summed E-state index contributed by atoms with van der Waals surface area (Å²) in [5.74, 6) is -1.25. The van der Waals surface area contributed by atoms with Gasteiger partial charge in [-0.05, 0) is 31.4 Å². The molecule has 0 unspecified atom stereocenters. The number of primary sulfonamides is 1. The fraction of sp³-hybridized carbons (Fsp3) is 0.556. The number of nitrogens with two attached hydrogens (primary N) is 1. The molecule has 12 heteroatoms. The first-order chi connectivity index (χ1) is 14.0. The first-order valence-electron chi connectivity index (χ1n) is 9.43. The van der Waals surface area contributed by atoms with E-state index < -0.39 is 41.9 Å². The summed E-state index contributed by atoms with van der Waals surface area (Å²) in [5.41, 5.74) is -0.341. The number of sulfonamides is 1. The average molecular weight is 481 g/mol. The summed E-state index contributed by atoms with van der Waals surface area (Å²) < 4.78 is 54.6.